The molecule has 2 atom stereocenters. The third-order valence-corrected chi connectivity index (χ3v) is 2.44. The van der Waals surface area contributed by atoms with Gasteiger partial charge in [0.2, 0.25) is 0 Å². The minimum Gasteiger partial charge on any atom is -0.376 e. The minimum atomic E-state index is -0.796. The first-order chi connectivity index (χ1) is 6.20. The highest BCUT2D eigenvalue weighted by molar-refractivity contribution is 4.75. The molecule has 3 heteroatoms. The lowest BCUT2D eigenvalue weighted by Crippen LogP contribution is -2.37. The molecule has 0 amide bonds. The highest BCUT2D eigenvalue weighted by Gasteiger charge is 2.23. The molecule has 1 aliphatic heterocycles. The van der Waals surface area contributed by atoms with Crippen molar-refractivity contribution in [3.8, 4) is 0 Å². The minimum absolute atomic E-state index is 0.134. The average molecular weight is 189 g/mol. The maximum Gasteiger partial charge on any atom is 0.127 e. The summed E-state index contributed by atoms with van der Waals surface area (Å²) in [5, 5.41) is 3.21. The van der Waals surface area contributed by atoms with Gasteiger partial charge in [-0.05, 0) is 33.2 Å². The van der Waals surface area contributed by atoms with E-state index in [0.717, 1.165) is 25.9 Å². The van der Waals surface area contributed by atoms with Gasteiger partial charge in [0.1, 0.15) is 6.17 Å². The summed E-state index contributed by atoms with van der Waals surface area (Å²) in [5.41, 5.74) is 0. The second kappa shape index (κ2) is 5.55. The summed E-state index contributed by atoms with van der Waals surface area (Å²) in [5.74, 6) is 0.160. The van der Waals surface area contributed by atoms with Crippen molar-refractivity contribution in [2.24, 2.45) is 5.92 Å². The van der Waals surface area contributed by atoms with Gasteiger partial charge < -0.3 is 10.1 Å². The zero-order valence-corrected chi connectivity index (χ0v) is 8.55. The van der Waals surface area contributed by atoms with Gasteiger partial charge in [0.15, 0.2) is 0 Å². The van der Waals surface area contributed by atoms with Gasteiger partial charge >= 0.3 is 0 Å². The summed E-state index contributed by atoms with van der Waals surface area (Å²) in [6.07, 6.45) is 1.42. The Morgan fingerprint density at radius 1 is 1.54 bits per heavy atom. The second-order valence-corrected chi connectivity index (χ2v) is 4.00. The van der Waals surface area contributed by atoms with Gasteiger partial charge in [0.05, 0.1) is 12.7 Å². The van der Waals surface area contributed by atoms with Gasteiger partial charge in [0.25, 0.3) is 0 Å². The van der Waals surface area contributed by atoms with Crippen LogP contribution in [0.2, 0.25) is 0 Å². The number of alkyl halides is 1. The molecule has 0 aliphatic carbocycles. The molecule has 0 spiro atoms. The van der Waals surface area contributed by atoms with E-state index >= 15 is 0 Å². The number of ether oxygens (including phenoxy) is 1. The van der Waals surface area contributed by atoms with Crippen LogP contribution in [0.1, 0.15) is 26.7 Å². The van der Waals surface area contributed by atoms with E-state index in [0.29, 0.717) is 0 Å². The van der Waals surface area contributed by atoms with E-state index in [1.807, 2.05) is 13.8 Å². The van der Waals surface area contributed by atoms with Gasteiger partial charge in [-0.1, -0.05) is 0 Å². The van der Waals surface area contributed by atoms with Crippen LogP contribution < -0.4 is 5.32 Å². The molecule has 1 saturated heterocycles. The van der Waals surface area contributed by atoms with E-state index in [1.54, 1.807) is 0 Å². The molecular weight excluding hydrogens is 169 g/mol. The van der Waals surface area contributed by atoms with Crippen LogP contribution >= 0.6 is 0 Å². The molecule has 13 heavy (non-hydrogen) atoms. The topological polar surface area (TPSA) is 21.3 Å². The third kappa shape index (κ3) is 4.05. The molecule has 1 rings (SSSR count). The van der Waals surface area contributed by atoms with E-state index in [4.69, 9.17) is 4.74 Å². The van der Waals surface area contributed by atoms with Crippen molar-refractivity contribution in [2.45, 2.75) is 39.0 Å². The van der Waals surface area contributed by atoms with E-state index in [-0.39, 0.29) is 18.6 Å². The summed E-state index contributed by atoms with van der Waals surface area (Å²) in [6.45, 7) is 5.97. The number of piperidine rings is 1. The van der Waals surface area contributed by atoms with Gasteiger partial charge in [-0.15, -0.1) is 0 Å². The average Bonchev–Trinajstić information content (AvgIpc) is 2.15. The number of hydrogen-bond donors (Lipinski definition) is 1. The lowest BCUT2D eigenvalue weighted by molar-refractivity contribution is 0.0149. The van der Waals surface area contributed by atoms with Crippen LogP contribution in [0.25, 0.3) is 0 Å². The van der Waals surface area contributed by atoms with Crippen LogP contribution in [-0.4, -0.2) is 32.0 Å². The van der Waals surface area contributed by atoms with Crippen molar-refractivity contribution in [2.75, 3.05) is 19.7 Å². The Morgan fingerprint density at radius 3 is 2.85 bits per heavy atom. The summed E-state index contributed by atoms with van der Waals surface area (Å²) in [4.78, 5) is 0. The number of hydrogen-bond acceptors (Lipinski definition) is 2. The molecule has 1 aliphatic rings. The third-order valence-electron chi connectivity index (χ3n) is 2.44. The molecule has 2 nitrogen and oxygen atoms in total. The van der Waals surface area contributed by atoms with Crippen LogP contribution in [0.5, 0.6) is 0 Å². The number of halogens is 1. The van der Waals surface area contributed by atoms with Gasteiger partial charge in [-0.25, -0.2) is 4.39 Å². The van der Waals surface area contributed by atoms with E-state index in [1.165, 1.54) is 0 Å². The normalized spacial score (nSPS) is 26.3. The monoisotopic (exact) mass is 189 g/mol. The lowest BCUT2D eigenvalue weighted by atomic mass is 9.95. The zero-order chi connectivity index (χ0) is 9.68. The Balaban J connectivity index is 2.17. The lowest BCUT2D eigenvalue weighted by Gasteiger charge is -2.26. The molecule has 78 valence electrons. The van der Waals surface area contributed by atoms with Crippen LogP contribution in [-0.2, 0) is 4.74 Å². The molecule has 0 aromatic carbocycles. The Kier molecular flexibility index (Phi) is 4.67. The molecule has 1 heterocycles. The second-order valence-electron chi connectivity index (χ2n) is 4.00. The highest BCUT2D eigenvalue weighted by atomic mass is 19.1. The van der Waals surface area contributed by atoms with Crippen molar-refractivity contribution < 1.29 is 9.13 Å². The first-order valence-corrected chi connectivity index (χ1v) is 5.16. The predicted molar refractivity (Wildman–Crippen MR) is 51.6 cm³/mol. The van der Waals surface area contributed by atoms with Crippen molar-refractivity contribution >= 4 is 0 Å². The van der Waals surface area contributed by atoms with Crippen molar-refractivity contribution in [3.63, 3.8) is 0 Å². The Morgan fingerprint density at radius 2 is 2.31 bits per heavy atom. The Bertz CT molecular complexity index is 135. The van der Waals surface area contributed by atoms with Crippen LogP contribution in [0.15, 0.2) is 0 Å². The largest absolute Gasteiger partial charge is 0.376 e. The molecule has 0 saturated carbocycles. The predicted octanol–water partition coefficient (Wildman–Crippen LogP) is 1.75. The fourth-order valence-corrected chi connectivity index (χ4v) is 1.61. The van der Waals surface area contributed by atoms with Crippen molar-refractivity contribution in [1.82, 2.24) is 5.32 Å². The Labute approximate surface area is 79.8 Å². The molecule has 0 aromatic rings. The SMILES string of the molecule is CC(C)OCC(F)C1CCCNC1. The van der Waals surface area contributed by atoms with Gasteiger partial charge in [-0.2, -0.15) is 0 Å². The van der Waals surface area contributed by atoms with Crippen molar-refractivity contribution in [3.05, 3.63) is 0 Å². The molecular formula is C10H20FNO. The quantitative estimate of drug-likeness (QED) is 0.727. The summed E-state index contributed by atoms with van der Waals surface area (Å²) in [7, 11) is 0. The van der Waals surface area contributed by atoms with Gasteiger partial charge in [-0.3, -0.25) is 0 Å². The molecule has 0 radical (unpaired) electrons. The molecule has 2 unspecified atom stereocenters. The first-order valence-electron chi connectivity index (χ1n) is 5.16. The van der Waals surface area contributed by atoms with Gasteiger partial charge in [0, 0.05) is 12.5 Å². The standard InChI is InChI=1S/C10H20FNO/c1-8(2)13-7-10(11)9-4-3-5-12-6-9/h8-10,12H,3-7H2,1-2H3. The summed E-state index contributed by atoms with van der Waals surface area (Å²) < 4.78 is 18.7. The zero-order valence-electron chi connectivity index (χ0n) is 8.55. The number of nitrogens with one attached hydrogen (secondary N) is 1. The van der Waals surface area contributed by atoms with E-state index < -0.39 is 6.17 Å². The summed E-state index contributed by atoms with van der Waals surface area (Å²) >= 11 is 0. The smallest absolute Gasteiger partial charge is 0.127 e. The fraction of sp³-hybridized carbons (Fsp3) is 1.00. The van der Waals surface area contributed by atoms with E-state index in [9.17, 15) is 4.39 Å². The summed E-state index contributed by atoms with van der Waals surface area (Å²) in [6, 6.07) is 0. The maximum absolute atomic E-state index is 13.5. The first kappa shape index (κ1) is 10.9. The Hall–Kier alpha value is -0.150. The number of rotatable bonds is 4. The van der Waals surface area contributed by atoms with Crippen molar-refractivity contribution in [1.29, 1.82) is 0 Å². The van der Waals surface area contributed by atoms with E-state index in [2.05, 4.69) is 5.32 Å². The molecule has 0 bridgehead atoms. The maximum atomic E-state index is 13.5. The fourth-order valence-electron chi connectivity index (χ4n) is 1.61. The highest BCUT2D eigenvalue weighted by Crippen LogP contribution is 2.17. The van der Waals surface area contributed by atoms with Crippen LogP contribution in [0.4, 0.5) is 4.39 Å². The van der Waals surface area contributed by atoms with Crippen LogP contribution in [0.3, 0.4) is 0 Å². The molecule has 1 N–H and O–H groups in total. The molecule has 0 aromatic heterocycles. The van der Waals surface area contributed by atoms with Crippen LogP contribution in [0, 0.1) is 5.92 Å². The molecule has 1 fully saturated rings.